The molecule has 0 saturated carbocycles. The van der Waals surface area contributed by atoms with Crippen LogP contribution in [0.15, 0.2) is 18.2 Å². The number of rotatable bonds is 2. The summed E-state index contributed by atoms with van der Waals surface area (Å²) in [6.45, 7) is 6.16. The second kappa shape index (κ2) is 7.52. The first-order valence-corrected chi connectivity index (χ1v) is 8.98. The Morgan fingerprint density at radius 2 is 1.80 bits per heavy atom. The number of halogens is 1. The van der Waals surface area contributed by atoms with E-state index in [-0.39, 0.29) is 17.7 Å². The van der Waals surface area contributed by atoms with Gasteiger partial charge in [-0.25, -0.2) is 4.39 Å². The maximum Gasteiger partial charge on any atom is 0.254 e. The van der Waals surface area contributed by atoms with Gasteiger partial charge in [0.25, 0.3) is 5.91 Å². The SMILES string of the molecule is Cc1ccc(F)cc1C(=O)N1CCC[C@@H](C(=O)N2CCN(C)CC2)C1. The van der Waals surface area contributed by atoms with Gasteiger partial charge in [0, 0.05) is 44.8 Å². The van der Waals surface area contributed by atoms with Gasteiger partial charge in [0.05, 0.1) is 5.92 Å². The van der Waals surface area contributed by atoms with E-state index in [1.165, 1.54) is 12.1 Å². The lowest BCUT2D eigenvalue weighted by Gasteiger charge is -2.38. The van der Waals surface area contributed by atoms with Crippen molar-refractivity contribution < 1.29 is 14.0 Å². The van der Waals surface area contributed by atoms with Crippen LogP contribution in [0.25, 0.3) is 0 Å². The number of benzene rings is 1. The Kier molecular flexibility index (Phi) is 5.37. The van der Waals surface area contributed by atoms with Gasteiger partial charge in [-0.3, -0.25) is 9.59 Å². The van der Waals surface area contributed by atoms with Crippen LogP contribution in [0.5, 0.6) is 0 Å². The number of aryl methyl sites for hydroxylation is 1. The summed E-state index contributed by atoms with van der Waals surface area (Å²) in [5.41, 5.74) is 1.16. The van der Waals surface area contributed by atoms with Gasteiger partial charge in [-0.05, 0) is 44.5 Å². The van der Waals surface area contributed by atoms with E-state index >= 15 is 0 Å². The molecular weight excluding hydrogens is 321 g/mol. The molecule has 1 aromatic carbocycles. The molecule has 2 aliphatic rings. The quantitative estimate of drug-likeness (QED) is 0.819. The third-order valence-corrected chi connectivity index (χ3v) is 5.30. The largest absolute Gasteiger partial charge is 0.340 e. The number of nitrogens with zero attached hydrogens (tertiary/aromatic N) is 3. The molecule has 2 aliphatic heterocycles. The lowest BCUT2D eigenvalue weighted by molar-refractivity contribution is -0.138. The van der Waals surface area contributed by atoms with E-state index in [9.17, 15) is 14.0 Å². The molecule has 2 heterocycles. The van der Waals surface area contributed by atoms with Crippen molar-refractivity contribution >= 4 is 11.8 Å². The van der Waals surface area contributed by atoms with Crippen LogP contribution < -0.4 is 0 Å². The van der Waals surface area contributed by atoms with Gasteiger partial charge in [0.2, 0.25) is 5.91 Å². The van der Waals surface area contributed by atoms with E-state index in [4.69, 9.17) is 0 Å². The monoisotopic (exact) mass is 347 g/mol. The molecule has 0 spiro atoms. The normalized spacial score (nSPS) is 22.1. The van der Waals surface area contributed by atoms with Gasteiger partial charge >= 0.3 is 0 Å². The molecule has 1 atom stereocenters. The van der Waals surface area contributed by atoms with Gasteiger partial charge in [-0.1, -0.05) is 6.07 Å². The summed E-state index contributed by atoms with van der Waals surface area (Å²) < 4.78 is 13.5. The zero-order valence-electron chi connectivity index (χ0n) is 15.0. The smallest absolute Gasteiger partial charge is 0.254 e. The molecule has 2 amide bonds. The predicted molar refractivity (Wildman–Crippen MR) is 93.8 cm³/mol. The van der Waals surface area contributed by atoms with Crippen molar-refractivity contribution in [3.63, 3.8) is 0 Å². The van der Waals surface area contributed by atoms with Crippen LogP contribution >= 0.6 is 0 Å². The van der Waals surface area contributed by atoms with Crippen molar-refractivity contribution in [2.75, 3.05) is 46.3 Å². The highest BCUT2D eigenvalue weighted by molar-refractivity contribution is 5.96. The number of likely N-dealkylation sites (N-methyl/N-ethyl adjacent to an activating group) is 1. The fourth-order valence-electron chi connectivity index (χ4n) is 3.64. The minimum Gasteiger partial charge on any atom is -0.340 e. The fraction of sp³-hybridized carbons (Fsp3) is 0.579. The highest BCUT2D eigenvalue weighted by Crippen LogP contribution is 2.22. The van der Waals surface area contributed by atoms with Crippen LogP contribution in [0, 0.1) is 18.7 Å². The average molecular weight is 347 g/mol. The van der Waals surface area contributed by atoms with E-state index in [1.807, 2.05) is 11.8 Å². The number of hydrogen-bond acceptors (Lipinski definition) is 3. The Morgan fingerprint density at radius 3 is 2.52 bits per heavy atom. The minimum absolute atomic E-state index is 0.144. The molecule has 0 N–H and O–H groups in total. The van der Waals surface area contributed by atoms with Crippen molar-refractivity contribution in [3.8, 4) is 0 Å². The molecule has 136 valence electrons. The highest BCUT2D eigenvalue weighted by Gasteiger charge is 2.32. The summed E-state index contributed by atoms with van der Waals surface area (Å²) in [5.74, 6) is -0.569. The third kappa shape index (κ3) is 4.00. The summed E-state index contributed by atoms with van der Waals surface area (Å²) in [6.07, 6.45) is 1.63. The molecule has 2 saturated heterocycles. The number of piperidine rings is 1. The standard InChI is InChI=1S/C19H26FN3O2/c1-14-5-6-16(20)12-17(14)19(25)23-7-3-4-15(13-23)18(24)22-10-8-21(2)9-11-22/h5-6,12,15H,3-4,7-11,13H2,1-2H3/t15-/m1/s1. The van der Waals surface area contributed by atoms with Crippen molar-refractivity contribution in [2.24, 2.45) is 5.92 Å². The van der Waals surface area contributed by atoms with Crippen molar-refractivity contribution in [1.29, 1.82) is 0 Å². The number of hydrogen-bond donors (Lipinski definition) is 0. The van der Waals surface area contributed by atoms with E-state index in [2.05, 4.69) is 11.9 Å². The molecule has 0 unspecified atom stereocenters. The molecule has 5 nitrogen and oxygen atoms in total. The van der Waals surface area contributed by atoms with Crippen LogP contribution in [0.2, 0.25) is 0 Å². The molecule has 0 bridgehead atoms. The summed E-state index contributed by atoms with van der Waals surface area (Å²) in [7, 11) is 2.06. The summed E-state index contributed by atoms with van der Waals surface area (Å²) in [6, 6.07) is 4.28. The Bertz CT molecular complexity index is 656. The number of piperazine rings is 1. The first-order chi connectivity index (χ1) is 12.0. The predicted octanol–water partition coefficient (Wildman–Crippen LogP) is 1.76. The first-order valence-electron chi connectivity index (χ1n) is 8.98. The van der Waals surface area contributed by atoms with E-state index < -0.39 is 5.82 Å². The first kappa shape index (κ1) is 17.9. The highest BCUT2D eigenvalue weighted by atomic mass is 19.1. The van der Waals surface area contributed by atoms with Crippen molar-refractivity contribution in [1.82, 2.24) is 14.7 Å². The molecule has 6 heteroatoms. The number of likely N-dealkylation sites (tertiary alicyclic amines) is 1. The molecule has 0 aliphatic carbocycles. The van der Waals surface area contributed by atoms with Crippen molar-refractivity contribution in [2.45, 2.75) is 19.8 Å². The number of carbonyl (C=O) groups excluding carboxylic acids is 2. The van der Waals surface area contributed by atoms with Crippen LogP contribution in [-0.2, 0) is 4.79 Å². The Hall–Kier alpha value is -1.95. The lowest BCUT2D eigenvalue weighted by Crippen LogP contribution is -2.52. The van der Waals surface area contributed by atoms with Gasteiger partial charge in [0.1, 0.15) is 5.82 Å². The van der Waals surface area contributed by atoms with Gasteiger partial charge in [-0.15, -0.1) is 0 Å². The third-order valence-electron chi connectivity index (χ3n) is 5.30. The van der Waals surface area contributed by atoms with Gasteiger partial charge in [0.15, 0.2) is 0 Å². The number of carbonyl (C=O) groups is 2. The van der Waals surface area contributed by atoms with Gasteiger partial charge in [-0.2, -0.15) is 0 Å². The van der Waals surface area contributed by atoms with Crippen LogP contribution in [0.1, 0.15) is 28.8 Å². The maximum absolute atomic E-state index is 13.5. The maximum atomic E-state index is 13.5. The summed E-state index contributed by atoms with van der Waals surface area (Å²) >= 11 is 0. The van der Waals surface area contributed by atoms with Crippen LogP contribution in [-0.4, -0.2) is 72.8 Å². The second-order valence-corrected chi connectivity index (χ2v) is 7.18. The molecule has 2 fully saturated rings. The topological polar surface area (TPSA) is 43.9 Å². The molecule has 0 radical (unpaired) electrons. The Morgan fingerprint density at radius 1 is 1.08 bits per heavy atom. The minimum atomic E-state index is -0.406. The van der Waals surface area contributed by atoms with Crippen LogP contribution in [0.4, 0.5) is 4.39 Å². The van der Waals surface area contributed by atoms with E-state index in [0.717, 1.165) is 44.6 Å². The second-order valence-electron chi connectivity index (χ2n) is 7.18. The van der Waals surface area contributed by atoms with E-state index in [1.54, 1.807) is 11.0 Å². The lowest BCUT2D eigenvalue weighted by atomic mass is 9.95. The zero-order chi connectivity index (χ0) is 18.0. The summed E-state index contributed by atoms with van der Waals surface area (Å²) in [4.78, 5) is 31.4. The Labute approximate surface area is 148 Å². The molecule has 3 rings (SSSR count). The van der Waals surface area contributed by atoms with E-state index in [0.29, 0.717) is 18.7 Å². The van der Waals surface area contributed by atoms with Crippen LogP contribution in [0.3, 0.4) is 0 Å². The molecule has 0 aromatic heterocycles. The number of amides is 2. The fourth-order valence-corrected chi connectivity index (χ4v) is 3.64. The van der Waals surface area contributed by atoms with Crippen molar-refractivity contribution in [3.05, 3.63) is 35.1 Å². The average Bonchev–Trinajstić information content (AvgIpc) is 2.63. The molecule has 25 heavy (non-hydrogen) atoms. The van der Waals surface area contributed by atoms with Gasteiger partial charge < -0.3 is 14.7 Å². The summed E-state index contributed by atoms with van der Waals surface area (Å²) in [5, 5.41) is 0. The Balaban J connectivity index is 1.67. The molecule has 1 aromatic rings. The molecular formula is C19H26FN3O2. The zero-order valence-corrected chi connectivity index (χ0v) is 15.0.